The Morgan fingerprint density at radius 3 is 2.84 bits per heavy atom. The molecule has 0 aromatic carbocycles. The molecule has 1 aromatic rings. The number of fused-ring (bicyclic) bond motifs is 1. The van der Waals surface area contributed by atoms with Crippen molar-refractivity contribution in [2.24, 2.45) is 0 Å². The fourth-order valence-electron chi connectivity index (χ4n) is 3.52. The number of aromatic amines is 1. The van der Waals surface area contributed by atoms with Crippen molar-refractivity contribution in [2.45, 2.75) is 32.5 Å². The summed E-state index contributed by atoms with van der Waals surface area (Å²) in [6.45, 7) is 8.80. The van der Waals surface area contributed by atoms with E-state index in [1.54, 1.807) is 4.90 Å². The zero-order valence-corrected chi connectivity index (χ0v) is 15.0. The first-order valence-electron chi connectivity index (χ1n) is 9.03. The Morgan fingerprint density at radius 2 is 2.12 bits per heavy atom. The molecule has 1 aromatic heterocycles. The van der Waals surface area contributed by atoms with Crippen molar-refractivity contribution in [3.63, 3.8) is 0 Å². The minimum absolute atomic E-state index is 0.0582. The Hall–Kier alpha value is -1.48. The first-order valence-corrected chi connectivity index (χ1v) is 9.03. The number of ether oxygens (including phenoxy) is 2. The average Bonchev–Trinajstić information content (AvgIpc) is 3.03. The van der Waals surface area contributed by atoms with Gasteiger partial charge in [-0.25, -0.2) is 0 Å². The van der Waals surface area contributed by atoms with E-state index in [0.29, 0.717) is 25.2 Å². The highest BCUT2D eigenvalue weighted by molar-refractivity contribution is 5.94. The minimum atomic E-state index is -0.124. The number of carbonyl (C=O) groups excluding carboxylic acids is 1. The molecule has 3 rings (SSSR count). The molecule has 2 aliphatic heterocycles. The molecule has 1 saturated heterocycles. The van der Waals surface area contributed by atoms with Crippen molar-refractivity contribution >= 4 is 5.91 Å². The fourth-order valence-corrected chi connectivity index (χ4v) is 3.52. The summed E-state index contributed by atoms with van der Waals surface area (Å²) in [5, 5.41) is 16.6. The van der Waals surface area contributed by atoms with Gasteiger partial charge in [-0.15, -0.1) is 0 Å². The number of hydrogen-bond acceptors (Lipinski definition) is 6. The Morgan fingerprint density at radius 1 is 1.36 bits per heavy atom. The second-order valence-electron chi connectivity index (χ2n) is 6.73. The number of aliphatic hydroxyl groups is 1. The lowest BCUT2D eigenvalue weighted by Gasteiger charge is -2.30. The molecule has 0 radical (unpaired) electrons. The van der Waals surface area contributed by atoms with Gasteiger partial charge >= 0.3 is 0 Å². The maximum Gasteiger partial charge on any atom is 0.274 e. The molecule has 3 heterocycles. The van der Waals surface area contributed by atoms with E-state index in [1.807, 2.05) is 13.8 Å². The van der Waals surface area contributed by atoms with Gasteiger partial charge in [-0.1, -0.05) is 0 Å². The van der Waals surface area contributed by atoms with Crippen LogP contribution in [0.3, 0.4) is 0 Å². The Bertz CT molecular complexity index is 585. The maximum atomic E-state index is 13.0. The average molecular weight is 352 g/mol. The van der Waals surface area contributed by atoms with Crippen LogP contribution in [0.25, 0.3) is 0 Å². The summed E-state index contributed by atoms with van der Waals surface area (Å²) in [7, 11) is 0. The van der Waals surface area contributed by atoms with Crippen molar-refractivity contribution in [3.05, 3.63) is 17.0 Å². The molecule has 0 spiro atoms. The number of morpholine rings is 1. The maximum absolute atomic E-state index is 13.0. The van der Waals surface area contributed by atoms with Crippen LogP contribution in [0, 0.1) is 0 Å². The van der Waals surface area contributed by atoms with Gasteiger partial charge in [0.25, 0.3) is 5.91 Å². The molecule has 25 heavy (non-hydrogen) atoms. The van der Waals surface area contributed by atoms with Crippen LogP contribution in [0.15, 0.2) is 0 Å². The molecule has 1 fully saturated rings. The summed E-state index contributed by atoms with van der Waals surface area (Å²) >= 11 is 0. The number of H-pyrrole nitrogens is 1. The summed E-state index contributed by atoms with van der Waals surface area (Å²) in [5.74, 6) is -0.124. The van der Waals surface area contributed by atoms with E-state index in [9.17, 15) is 9.90 Å². The Balaban J connectivity index is 1.70. The number of aromatic nitrogens is 2. The molecule has 2 atom stereocenters. The number of rotatable bonds is 6. The number of amides is 1. The van der Waals surface area contributed by atoms with E-state index in [0.717, 1.165) is 44.1 Å². The van der Waals surface area contributed by atoms with Crippen molar-refractivity contribution < 1.29 is 19.4 Å². The number of nitrogens with zero attached hydrogens (tertiary/aromatic N) is 3. The molecular weight excluding hydrogens is 324 g/mol. The van der Waals surface area contributed by atoms with Crippen LogP contribution in [0.2, 0.25) is 0 Å². The lowest BCUT2D eigenvalue weighted by Crippen LogP contribution is -2.44. The van der Waals surface area contributed by atoms with Gasteiger partial charge in [0, 0.05) is 44.7 Å². The first kappa shape index (κ1) is 18.3. The third-order valence-electron chi connectivity index (χ3n) is 4.88. The number of hydrogen-bond donors (Lipinski definition) is 2. The van der Waals surface area contributed by atoms with Crippen molar-refractivity contribution in [2.75, 3.05) is 52.5 Å². The molecule has 2 aliphatic rings. The van der Waals surface area contributed by atoms with Gasteiger partial charge in [0.1, 0.15) is 0 Å². The standard InChI is InChI=1S/C17H28N4O4/c1-12-11-14-15(13(2)25-12)18-19-16(14)17(23)21(5-8-22)4-3-20-6-9-24-10-7-20/h12-13,22H,3-11H2,1-2H3,(H,18,19)/t12-,13+/m1/s1. The molecule has 8 nitrogen and oxygen atoms in total. The summed E-state index contributed by atoms with van der Waals surface area (Å²) in [5.41, 5.74) is 2.30. The second kappa shape index (κ2) is 8.27. The highest BCUT2D eigenvalue weighted by Crippen LogP contribution is 2.30. The second-order valence-corrected chi connectivity index (χ2v) is 6.73. The van der Waals surface area contributed by atoms with Crippen molar-refractivity contribution in [1.82, 2.24) is 20.0 Å². The summed E-state index contributed by atoms with van der Waals surface area (Å²) < 4.78 is 11.1. The summed E-state index contributed by atoms with van der Waals surface area (Å²) in [6.07, 6.45) is 0.645. The number of nitrogens with one attached hydrogen (secondary N) is 1. The molecule has 0 unspecified atom stereocenters. The van der Waals surface area contributed by atoms with E-state index in [2.05, 4.69) is 15.1 Å². The van der Waals surface area contributed by atoms with E-state index in [4.69, 9.17) is 9.47 Å². The topological polar surface area (TPSA) is 90.9 Å². The molecule has 0 bridgehead atoms. The van der Waals surface area contributed by atoms with Gasteiger partial charge in [0.05, 0.1) is 37.7 Å². The lowest BCUT2D eigenvalue weighted by atomic mass is 9.99. The molecule has 0 saturated carbocycles. The van der Waals surface area contributed by atoms with E-state index in [-0.39, 0.29) is 24.7 Å². The van der Waals surface area contributed by atoms with Gasteiger partial charge in [-0.2, -0.15) is 5.10 Å². The van der Waals surface area contributed by atoms with Gasteiger partial charge in [-0.3, -0.25) is 14.8 Å². The SMILES string of the molecule is C[C@@H]1Cc2c(C(=O)N(CCO)CCN3CCOCC3)n[nH]c2[C@H](C)O1. The lowest BCUT2D eigenvalue weighted by molar-refractivity contribution is -0.00704. The predicted octanol–water partition coefficient (Wildman–Crippen LogP) is 0.199. The third-order valence-corrected chi connectivity index (χ3v) is 4.88. The molecular formula is C17H28N4O4. The van der Waals surface area contributed by atoms with Crippen molar-refractivity contribution in [3.8, 4) is 0 Å². The Kier molecular flexibility index (Phi) is 6.06. The monoisotopic (exact) mass is 352 g/mol. The van der Waals surface area contributed by atoms with Gasteiger partial charge < -0.3 is 19.5 Å². The smallest absolute Gasteiger partial charge is 0.274 e. The molecule has 0 aliphatic carbocycles. The first-order chi connectivity index (χ1) is 12.1. The van der Waals surface area contributed by atoms with Crippen LogP contribution >= 0.6 is 0 Å². The molecule has 2 N–H and O–H groups in total. The summed E-state index contributed by atoms with van der Waals surface area (Å²) in [4.78, 5) is 17.0. The summed E-state index contributed by atoms with van der Waals surface area (Å²) in [6, 6.07) is 0. The van der Waals surface area contributed by atoms with E-state index in [1.165, 1.54) is 0 Å². The zero-order chi connectivity index (χ0) is 17.8. The van der Waals surface area contributed by atoms with Crippen LogP contribution in [-0.4, -0.2) is 89.7 Å². The minimum Gasteiger partial charge on any atom is -0.395 e. The normalized spacial score (nSPS) is 24.1. The Labute approximate surface area is 148 Å². The van der Waals surface area contributed by atoms with Crippen molar-refractivity contribution in [1.29, 1.82) is 0 Å². The molecule has 8 heteroatoms. The largest absolute Gasteiger partial charge is 0.395 e. The number of carbonyl (C=O) groups is 1. The van der Waals surface area contributed by atoms with Gasteiger partial charge in [0.15, 0.2) is 5.69 Å². The third kappa shape index (κ3) is 4.20. The van der Waals surface area contributed by atoms with Crippen LogP contribution < -0.4 is 0 Å². The van der Waals surface area contributed by atoms with Crippen LogP contribution in [-0.2, 0) is 15.9 Å². The molecule has 140 valence electrons. The quantitative estimate of drug-likeness (QED) is 0.760. The highest BCUT2D eigenvalue weighted by atomic mass is 16.5. The fraction of sp³-hybridized carbons (Fsp3) is 0.765. The molecule has 1 amide bonds. The zero-order valence-electron chi connectivity index (χ0n) is 15.0. The highest BCUT2D eigenvalue weighted by Gasteiger charge is 2.31. The van der Waals surface area contributed by atoms with Crippen LogP contribution in [0.4, 0.5) is 0 Å². The van der Waals surface area contributed by atoms with Crippen LogP contribution in [0.1, 0.15) is 41.7 Å². The van der Waals surface area contributed by atoms with Crippen LogP contribution in [0.5, 0.6) is 0 Å². The number of aliphatic hydroxyl groups excluding tert-OH is 1. The van der Waals surface area contributed by atoms with Gasteiger partial charge in [0.2, 0.25) is 0 Å². The van der Waals surface area contributed by atoms with Gasteiger partial charge in [-0.05, 0) is 13.8 Å². The van der Waals surface area contributed by atoms with E-state index >= 15 is 0 Å². The van der Waals surface area contributed by atoms with E-state index < -0.39 is 0 Å². The predicted molar refractivity (Wildman–Crippen MR) is 91.5 cm³/mol.